The van der Waals surface area contributed by atoms with Gasteiger partial charge in [0, 0.05) is 32.4 Å². The lowest BCUT2D eigenvalue weighted by Gasteiger charge is -2.35. The van der Waals surface area contributed by atoms with Gasteiger partial charge in [-0.05, 0) is 25.1 Å². The van der Waals surface area contributed by atoms with Gasteiger partial charge in [0.15, 0.2) is 11.5 Å². The van der Waals surface area contributed by atoms with Crippen LogP contribution in [0.3, 0.4) is 0 Å². The average Bonchev–Trinajstić information content (AvgIpc) is 3.31. The Bertz CT molecular complexity index is 774. The van der Waals surface area contributed by atoms with Crippen LogP contribution in [0.2, 0.25) is 0 Å². The van der Waals surface area contributed by atoms with Crippen LogP contribution in [-0.4, -0.2) is 68.6 Å². The zero-order chi connectivity index (χ0) is 18.0. The number of nitrogens with zero attached hydrogens (tertiary/aromatic N) is 4. The molecule has 2 aromatic rings. The summed E-state index contributed by atoms with van der Waals surface area (Å²) in [6.45, 7) is 3.31. The summed E-state index contributed by atoms with van der Waals surface area (Å²) in [7, 11) is 0. The molecule has 1 fully saturated rings. The first kappa shape index (κ1) is 16.7. The Morgan fingerprint density at radius 2 is 1.84 bits per heavy atom. The van der Waals surface area contributed by atoms with Crippen molar-refractivity contribution in [1.82, 2.24) is 19.6 Å². The zero-order valence-corrected chi connectivity index (χ0v) is 13.7. The number of rotatable bonds is 4. The quantitative estimate of drug-likeness (QED) is 0.874. The molecule has 2 aromatic heterocycles. The second-order valence-corrected chi connectivity index (χ2v) is 5.76. The summed E-state index contributed by atoms with van der Waals surface area (Å²) in [5, 5.41) is 12.8. The normalized spacial score (nSPS) is 15.9. The Morgan fingerprint density at radius 1 is 1.16 bits per heavy atom. The van der Waals surface area contributed by atoms with E-state index in [4.69, 9.17) is 9.52 Å². The van der Waals surface area contributed by atoms with Crippen LogP contribution < -0.4 is 0 Å². The van der Waals surface area contributed by atoms with Crippen molar-refractivity contribution in [3.05, 3.63) is 42.1 Å². The third kappa shape index (κ3) is 3.39. The third-order valence-corrected chi connectivity index (χ3v) is 4.19. The van der Waals surface area contributed by atoms with Crippen molar-refractivity contribution < 1.29 is 23.9 Å². The Morgan fingerprint density at radius 3 is 2.40 bits per heavy atom. The minimum absolute atomic E-state index is 0.103. The highest BCUT2D eigenvalue weighted by Crippen LogP contribution is 2.14. The van der Waals surface area contributed by atoms with Crippen molar-refractivity contribution in [3.8, 4) is 0 Å². The van der Waals surface area contributed by atoms with Crippen LogP contribution in [0.25, 0.3) is 0 Å². The predicted octanol–water partition coefficient (Wildman–Crippen LogP) is 0.720. The molecule has 3 rings (SSSR count). The summed E-state index contributed by atoms with van der Waals surface area (Å²) >= 11 is 0. The maximum atomic E-state index is 12.6. The molecule has 1 unspecified atom stereocenters. The van der Waals surface area contributed by atoms with Crippen molar-refractivity contribution in [2.75, 3.05) is 26.2 Å². The van der Waals surface area contributed by atoms with Crippen LogP contribution in [0.4, 0.5) is 0 Å². The number of carbonyl (C=O) groups excluding carboxylic acids is 2. The van der Waals surface area contributed by atoms with E-state index in [1.165, 1.54) is 23.2 Å². The van der Waals surface area contributed by atoms with Gasteiger partial charge in [-0.1, -0.05) is 0 Å². The molecule has 1 aliphatic rings. The van der Waals surface area contributed by atoms with Gasteiger partial charge in [-0.25, -0.2) is 4.79 Å². The van der Waals surface area contributed by atoms with E-state index in [0.717, 1.165) is 0 Å². The van der Waals surface area contributed by atoms with Crippen LogP contribution >= 0.6 is 0 Å². The Labute approximate surface area is 143 Å². The molecule has 25 heavy (non-hydrogen) atoms. The molecule has 1 atom stereocenters. The van der Waals surface area contributed by atoms with Crippen LogP contribution in [0.1, 0.15) is 34.0 Å². The number of carboxylic acid groups (broad SMARTS) is 1. The summed E-state index contributed by atoms with van der Waals surface area (Å²) in [5.41, 5.74) is -0.103. The Kier molecular flexibility index (Phi) is 4.55. The van der Waals surface area contributed by atoms with Crippen molar-refractivity contribution in [2.45, 2.75) is 13.0 Å². The van der Waals surface area contributed by atoms with E-state index < -0.39 is 12.0 Å². The van der Waals surface area contributed by atoms with Crippen LogP contribution in [0.5, 0.6) is 0 Å². The molecule has 2 amide bonds. The fraction of sp³-hybridized carbons (Fsp3) is 0.375. The van der Waals surface area contributed by atoms with E-state index in [9.17, 15) is 14.4 Å². The highest BCUT2D eigenvalue weighted by atomic mass is 16.4. The van der Waals surface area contributed by atoms with E-state index >= 15 is 0 Å². The first-order valence-electron chi connectivity index (χ1n) is 7.87. The summed E-state index contributed by atoms with van der Waals surface area (Å²) < 4.78 is 6.45. The number of carbonyl (C=O) groups is 3. The monoisotopic (exact) mass is 346 g/mol. The van der Waals surface area contributed by atoms with Gasteiger partial charge in [-0.15, -0.1) is 0 Å². The summed E-state index contributed by atoms with van der Waals surface area (Å²) in [5.74, 6) is -1.21. The van der Waals surface area contributed by atoms with E-state index in [0.29, 0.717) is 26.2 Å². The van der Waals surface area contributed by atoms with Crippen LogP contribution in [0, 0.1) is 0 Å². The van der Waals surface area contributed by atoms with Crippen molar-refractivity contribution in [1.29, 1.82) is 0 Å². The van der Waals surface area contributed by atoms with Crippen molar-refractivity contribution >= 4 is 17.8 Å². The standard InChI is InChI=1S/C16H18N4O5/c1-11(20-5-4-12(17-20)16(23)24)14(21)18-6-8-19(9-7-18)15(22)13-3-2-10-25-13/h2-5,10-11H,6-9H2,1H3,(H,23,24). The molecule has 9 heteroatoms. The molecule has 3 heterocycles. The number of furan rings is 1. The minimum atomic E-state index is -1.14. The Balaban J connectivity index is 1.59. The molecular weight excluding hydrogens is 328 g/mol. The van der Waals surface area contributed by atoms with E-state index in [-0.39, 0.29) is 23.3 Å². The Hall–Kier alpha value is -3.10. The smallest absolute Gasteiger partial charge is 0.356 e. The second kappa shape index (κ2) is 6.80. The van der Waals surface area contributed by atoms with E-state index in [1.807, 2.05) is 0 Å². The van der Waals surface area contributed by atoms with Gasteiger partial charge in [0.25, 0.3) is 5.91 Å². The number of hydrogen-bond acceptors (Lipinski definition) is 5. The molecule has 1 N–H and O–H groups in total. The molecule has 9 nitrogen and oxygen atoms in total. The first-order valence-corrected chi connectivity index (χ1v) is 7.87. The first-order chi connectivity index (χ1) is 12.0. The number of aromatic carboxylic acids is 1. The molecule has 132 valence electrons. The van der Waals surface area contributed by atoms with Crippen LogP contribution in [0.15, 0.2) is 35.1 Å². The van der Waals surface area contributed by atoms with Crippen molar-refractivity contribution in [3.63, 3.8) is 0 Å². The lowest BCUT2D eigenvalue weighted by atomic mass is 10.2. The molecule has 0 saturated carbocycles. The summed E-state index contributed by atoms with van der Waals surface area (Å²) in [4.78, 5) is 39.0. The molecule has 0 spiro atoms. The molecule has 0 bridgehead atoms. The molecular formula is C16H18N4O5. The number of carboxylic acids is 1. The van der Waals surface area contributed by atoms with Gasteiger partial charge in [0.1, 0.15) is 6.04 Å². The number of hydrogen-bond donors (Lipinski definition) is 1. The largest absolute Gasteiger partial charge is 0.476 e. The van der Waals surface area contributed by atoms with Crippen molar-refractivity contribution in [2.24, 2.45) is 0 Å². The number of piperazine rings is 1. The summed E-state index contributed by atoms with van der Waals surface area (Å²) in [6, 6.07) is 4.01. The maximum Gasteiger partial charge on any atom is 0.356 e. The van der Waals surface area contributed by atoms with Crippen LogP contribution in [-0.2, 0) is 4.79 Å². The maximum absolute atomic E-state index is 12.6. The third-order valence-electron chi connectivity index (χ3n) is 4.19. The fourth-order valence-corrected chi connectivity index (χ4v) is 2.73. The highest BCUT2D eigenvalue weighted by Gasteiger charge is 2.29. The van der Waals surface area contributed by atoms with Gasteiger partial charge in [-0.3, -0.25) is 14.3 Å². The topological polar surface area (TPSA) is 109 Å². The van der Waals surface area contributed by atoms with E-state index in [1.54, 1.807) is 28.9 Å². The number of aromatic nitrogens is 2. The van der Waals surface area contributed by atoms with Gasteiger partial charge in [-0.2, -0.15) is 5.10 Å². The molecule has 0 aliphatic carbocycles. The lowest BCUT2D eigenvalue weighted by molar-refractivity contribution is -0.136. The van der Waals surface area contributed by atoms with Gasteiger partial charge >= 0.3 is 5.97 Å². The van der Waals surface area contributed by atoms with E-state index in [2.05, 4.69) is 5.10 Å². The molecule has 1 saturated heterocycles. The molecule has 0 aromatic carbocycles. The fourth-order valence-electron chi connectivity index (χ4n) is 2.73. The lowest BCUT2D eigenvalue weighted by Crippen LogP contribution is -2.51. The molecule has 0 radical (unpaired) electrons. The predicted molar refractivity (Wildman–Crippen MR) is 85.1 cm³/mol. The second-order valence-electron chi connectivity index (χ2n) is 5.76. The average molecular weight is 346 g/mol. The number of amides is 2. The van der Waals surface area contributed by atoms with Gasteiger partial charge in [0.05, 0.1) is 6.26 Å². The minimum Gasteiger partial charge on any atom is -0.476 e. The zero-order valence-electron chi connectivity index (χ0n) is 13.7. The SMILES string of the molecule is CC(C(=O)N1CCN(C(=O)c2ccco2)CC1)n1ccc(C(=O)O)n1. The highest BCUT2D eigenvalue weighted by molar-refractivity contribution is 5.91. The van der Waals surface area contributed by atoms with Gasteiger partial charge in [0.2, 0.25) is 5.91 Å². The summed E-state index contributed by atoms with van der Waals surface area (Å²) in [6.07, 6.45) is 2.92. The van der Waals surface area contributed by atoms with Gasteiger partial charge < -0.3 is 19.3 Å². The molecule has 1 aliphatic heterocycles.